The molecule has 7 heteroatoms. The van der Waals surface area contributed by atoms with Crippen molar-refractivity contribution in [3.05, 3.63) is 99.6 Å². The van der Waals surface area contributed by atoms with Crippen LogP contribution in [0.3, 0.4) is 0 Å². The van der Waals surface area contributed by atoms with E-state index in [1.807, 2.05) is 66.4 Å². The van der Waals surface area contributed by atoms with Crippen LogP contribution in [0.5, 0.6) is 0 Å². The second-order valence-electron chi connectivity index (χ2n) is 8.12. The quantitative estimate of drug-likeness (QED) is 0.459. The van der Waals surface area contributed by atoms with Crippen molar-refractivity contribution >= 4 is 34.1 Å². The number of carbonyl (C=O) groups is 1. The molecule has 1 aromatic heterocycles. The lowest BCUT2D eigenvalue weighted by molar-refractivity contribution is 0.0747. The second-order valence-corrected chi connectivity index (χ2v) is 8.56. The van der Waals surface area contributed by atoms with Crippen LogP contribution in [0.25, 0.3) is 16.6 Å². The Morgan fingerprint density at radius 1 is 0.848 bits per heavy atom. The zero-order chi connectivity index (χ0) is 22.9. The third-order valence-corrected chi connectivity index (χ3v) is 6.33. The normalized spacial score (nSPS) is 14.0. The smallest absolute Gasteiger partial charge is 0.265 e. The van der Waals surface area contributed by atoms with Gasteiger partial charge in [0.1, 0.15) is 5.82 Å². The van der Waals surface area contributed by atoms with Crippen molar-refractivity contribution in [1.29, 1.82) is 0 Å². The van der Waals surface area contributed by atoms with Crippen LogP contribution < -0.4 is 10.5 Å². The van der Waals surface area contributed by atoms with E-state index in [2.05, 4.69) is 9.88 Å². The number of anilines is 1. The van der Waals surface area contributed by atoms with Crippen LogP contribution >= 0.6 is 11.6 Å². The van der Waals surface area contributed by atoms with Crippen molar-refractivity contribution in [2.75, 3.05) is 31.1 Å². The van der Waals surface area contributed by atoms with Crippen LogP contribution in [0.15, 0.2) is 77.6 Å². The summed E-state index contributed by atoms with van der Waals surface area (Å²) in [5, 5.41) is 1.29. The molecule has 1 aliphatic rings. The molecule has 0 N–H and O–H groups in total. The molecule has 4 aromatic rings. The van der Waals surface area contributed by atoms with Gasteiger partial charge in [0.25, 0.3) is 11.5 Å². The molecule has 33 heavy (non-hydrogen) atoms. The number of halogens is 1. The average Bonchev–Trinajstić information content (AvgIpc) is 2.85. The number of hydrogen-bond acceptors (Lipinski definition) is 4. The van der Waals surface area contributed by atoms with Gasteiger partial charge in [-0.15, -0.1) is 0 Å². The van der Waals surface area contributed by atoms with Gasteiger partial charge in [-0.1, -0.05) is 23.7 Å². The third-order valence-electron chi connectivity index (χ3n) is 6.07. The number of para-hydroxylation sites is 1. The Labute approximate surface area is 196 Å². The molecule has 1 aliphatic heterocycles. The van der Waals surface area contributed by atoms with Crippen LogP contribution in [0.4, 0.5) is 5.69 Å². The zero-order valence-corrected chi connectivity index (χ0v) is 19.0. The number of aromatic nitrogens is 2. The molecule has 1 amide bonds. The molecule has 6 nitrogen and oxygen atoms in total. The Morgan fingerprint density at radius 3 is 2.18 bits per heavy atom. The number of carbonyl (C=O) groups excluding carboxylic acids is 1. The first kappa shape index (κ1) is 21.2. The summed E-state index contributed by atoms with van der Waals surface area (Å²) in [4.78, 5) is 34.8. The molecular formula is C26H23ClN4O2. The molecular weight excluding hydrogens is 436 g/mol. The maximum Gasteiger partial charge on any atom is 0.265 e. The van der Waals surface area contributed by atoms with Gasteiger partial charge in [-0.05, 0) is 67.6 Å². The summed E-state index contributed by atoms with van der Waals surface area (Å²) in [5.41, 5.74) is 2.98. The van der Waals surface area contributed by atoms with Crippen LogP contribution in [-0.2, 0) is 0 Å². The summed E-state index contributed by atoms with van der Waals surface area (Å²) in [6.07, 6.45) is 0. The van der Waals surface area contributed by atoms with Crippen LogP contribution in [-0.4, -0.2) is 46.5 Å². The fraction of sp³-hybridized carbons (Fsp3) is 0.192. The van der Waals surface area contributed by atoms with E-state index in [1.165, 1.54) is 0 Å². The first-order chi connectivity index (χ1) is 16.0. The van der Waals surface area contributed by atoms with Gasteiger partial charge in [-0.2, -0.15) is 0 Å². The summed E-state index contributed by atoms with van der Waals surface area (Å²) in [6.45, 7) is 4.64. The van der Waals surface area contributed by atoms with E-state index in [0.29, 0.717) is 46.1 Å². The van der Waals surface area contributed by atoms with Crippen molar-refractivity contribution in [2.24, 2.45) is 0 Å². The average molecular weight is 459 g/mol. The van der Waals surface area contributed by atoms with Gasteiger partial charge >= 0.3 is 0 Å². The Bertz CT molecular complexity index is 1370. The van der Waals surface area contributed by atoms with E-state index in [0.717, 1.165) is 18.8 Å². The lowest BCUT2D eigenvalue weighted by Gasteiger charge is -2.36. The van der Waals surface area contributed by atoms with Crippen LogP contribution in [0.1, 0.15) is 16.2 Å². The molecule has 5 rings (SSSR count). The third kappa shape index (κ3) is 4.10. The molecule has 0 unspecified atom stereocenters. The van der Waals surface area contributed by atoms with Gasteiger partial charge in [0.15, 0.2) is 0 Å². The minimum Gasteiger partial charge on any atom is -0.368 e. The molecule has 0 saturated carbocycles. The predicted octanol–water partition coefficient (Wildman–Crippen LogP) is 4.31. The minimum atomic E-state index is -0.115. The van der Waals surface area contributed by atoms with E-state index in [1.54, 1.807) is 22.8 Å². The summed E-state index contributed by atoms with van der Waals surface area (Å²) in [6, 6.07) is 22.3. The van der Waals surface area contributed by atoms with Gasteiger partial charge in [0.05, 0.1) is 16.6 Å². The highest BCUT2D eigenvalue weighted by Gasteiger charge is 2.22. The number of piperazine rings is 1. The fourth-order valence-corrected chi connectivity index (χ4v) is 4.43. The molecule has 3 aromatic carbocycles. The van der Waals surface area contributed by atoms with Crippen molar-refractivity contribution in [3.63, 3.8) is 0 Å². The minimum absolute atomic E-state index is 0.00184. The molecule has 2 heterocycles. The molecule has 0 atom stereocenters. The monoisotopic (exact) mass is 458 g/mol. The Kier molecular flexibility index (Phi) is 5.60. The molecule has 0 aliphatic carbocycles. The SMILES string of the molecule is Cc1nc2ccccc2c(=O)n1-c1ccc(C(=O)N2CCN(c3ccc(Cl)cc3)CC2)cc1. The zero-order valence-electron chi connectivity index (χ0n) is 18.2. The topological polar surface area (TPSA) is 58.4 Å². The number of amides is 1. The van der Waals surface area contributed by atoms with Crippen LogP contribution in [0.2, 0.25) is 5.02 Å². The number of fused-ring (bicyclic) bond motifs is 1. The second kappa shape index (κ2) is 8.71. The van der Waals surface area contributed by atoms with E-state index in [-0.39, 0.29) is 11.5 Å². The number of benzene rings is 3. The summed E-state index contributed by atoms with van der Waals surface area (Å²) in [5.74, 6) is 0.606. The Balaban J connectivity index is 1.32. The van der Waals surface area contributed by atoms with Crippen LogP contribution in [0, 0.1) is 6.92 Å². The highest BCUT2D eigenvalue weighted by molar-refractivity contribution is 6.30. The van der Waals surface area contributed by atoms with Crippen molar-refractivity contribution < 1.29 is 4.79 Å². The van der Waals surface area contributed by atoms with E-state index in [4.69, 9.17) is 11.6 Å². The maximum absolute atomic E-state index is 13.1. The molecule has 0 bridgehead atoms. The van der Waals surface area contributed by atoms with Gasteiger partial charge in [0, 0.05) is 42.5 Å². The van der Waals surface area contributed by atoms with Crippen molar-refractivity contribution in [3.8, 4) is 5.69 Å². The molecule has 1 fully saturated rings. The van der Waals surface area contributed by atoms with E-state index >= 15 is 0 Å². The molecule has 0 spiro atoms. The van der Waals surface area contributed by atoms with Gasteiger partial charge in [-0.25, -0.2) is 4.98 Å². The number of rotatable bonds is 3. The Morgan fingerprint density at radius 2 is 1.48 bits per heavy atom. The predicted molar refractivity (Wildman–Crippen MR) is 132 cm³/mol. The largest absolute Gasteiger partial charge is 0.368 e. The lowest BCUT2D eigenvalue weighted by atomic mass is 10.1. The maximum atomic E-state index is 13.1. The fourth-order valence-electron chi connectivity index (χ4n) is 4.30. The number of aryl methyl sites for hydroxylation is 1. The van der Waals surface area contributed by atoms with Gasteiger partial charge in [0.2, 0.25) is 0 Å². The first-order valence-electron chi connectivity index (χ1n) is 10.9. The number of hydrogen-bond donors (Lipinski definition) is 0. The molecule has 0 radical (unpaired) electrons. The first-order valence-corrected chi connectivity index (χ1v) is 11.3. The highest BCUT2D eigenvalue weighted by Crippen LogP contribution is 2.20. The Hall–Kier alpha value is -3.64. The van der Waals surface area contributed by atoms with Crippen molar-refractivity contribution in [1.82, 2.24) is 14.5 Å². The highest BCUT2D eigenvalue weighted by atomic mass is 35.5. The molecule has 1 saturated heterocycles. The summed E-state index contributed by atoms with van der Waals surface area (Å²) >= 11 is 5.98. The lowest BCUT2D eigenvalue weighted by Crippen LogP contribution is -2.48. The van der Waals surface area contributed by atoms with E-state index < -0.39 is 0 Å². The number of nitrogens with zero attached hydrogens (tertiary/aromatic N) is 4. The summed E-state index contributed by atoms with van der Waals surface area (Å²) < 4.78 is 1.58. The van der Waals surface area contributed by atoms with E-state index in [9.17, 15) is 9.59 Å². The van der Waals surface area contributed by atoms with Gasteiger partial charge in [-0.3, -0.25) is 14.2 Å². The van der Waals surface area contributed by atoms with Gasteiger partial charge < -0.3 is 9.80 Å². The van der Waals surface area contributed by atoms with Crippen molar-refractivity contribution in [2.45, 2.75) is 6.92 Å². The standard InChI is InChI=1S/C26H23ClN4O2/c1-18-28-24-5-3-2-4-23(24)26(33)31(18)22-10-6-19(7-11-22)25(32)30-16-14-29(15-17-30)21-12-8-20(27)9-13-21/h2-13H,14-17H2,1H3. The summed E-state index contributed by atoms with van der Waals surface area (Å²) in [7, 11) is 0. The molecule has 166 valence electrons.